The number of hydrogen-bond donors (Lipinski definition) is 2. The number of nitro benzene ring substituents is 1. The minimum atomic E-state index is -1.05. The standard InChI is InChI=1S/C13H10N2O5S/c1-7-6-10(21-11(7)13(17)18)14-12(16)8-2-4-9(5-3-8)15(19)20/h2-6H,1H3,(H,14,16)(H,17,18). The van der Waals surface area contributed by atoms with Crippen molar-refractivity contribution in [2.24, 2.45) is 0 Å². The molecule has 0 atom stereocenters. The van der Waals surface area contributed by atoms with Crippen LogP contribution in [0.2, 0.25) is 0 Å². The van der Waals surface area contributed by atoms with Crippen molar-refractivity contribution in [2.75, 3.05) is 5.32 Å². The molecular formula is C13H10N2O5S. The van der Waals surface area contributed by atoms with Crippen molar-refractivity contribution in [1.82, 2.24) is 0 Å². The minimum Gasteiger partial charge on any atom is -0.477 e. The molecule has 0 radical (unpaired) electrons. The zero-order chi connectivity index (χ0) is 15.6. The zero-order valence-electron chi connectivity index (χ0n) is 10.8. The third-order valence-corrected chi connectivity index (χ3v) is 3.83. The number of carbonyl (C=O) groups excluding carboxylic acids is 1. The summed E-state index contributed by atoms with van der Waals surface area (Å²) in [5.74, 6) is -1.50. The fraction of sp³-hybridized carbons (Fsp3) is 0.0769. The molecule has 0 saturated heterocycles. The number of amides is 1. The summed E-state index contributed by atoms with van der Waals surface area (Å²) in [6.45, 7) is 1.64. The Morgan fingerprint density at radius 2 is 1.90 bits per heavy atom. The predicted molar refractivity (Wildman–Crippen MR) is 77.1 cm³/mol. The van der Waals surface area contributed by atoms with Crippen molar-refractivity contribution in [2.45, 2.75) is 6.92 Å². The van der Waals surface area contributed by atoms with Crippen molar-refractivity contribution in [3.05, 3.63) is 56.5 Å². The summed E-state index contributed by atoms with van der Waals surface area (Å²) in [6.07, 6.45) is 0. The molecule has 0 aliphatic heterocycles. The van der Waals surface area contributed by atoms with E-state index in [0.29, 0.717) is 10.6 Å². The van der Waals surface area contributed by atoms with Gasteiger partial charge in [-0.1, -0.05) is 0 Å². The van der Waals surface area contributed by atoms with Crippen molar-refractivity contribution < 1.29 is 19.6 Å². The first-order valence-corrected chi connectivity index (χ1v) is 6.59. The van der Waals surface area contributed by atoms with E-state index in [1.54, 1.807) is 13.0 Å². The second-order valence-corrected chi connectivity index (χ2v) is 5.24. The number of rotatable bonds is 4. The highest BCUT2D eigenvalue weighted by Gasteiger charge is 2.15. The number of thiophene rings is 1. The third kappa shape index (κ3) is 3.23. The van der Waals surface area contributed by atoms with Crippen LogP contribution in [-0.2, 0) is 0 Å². The van der Waals surface area contributed by atoms with E-state index >= 15 is 0 Å². The summed E-state index contributed by atoms with van der Waals surface area (Å²) in [7, 11) is 0. The molecule has 1 aromatic carbocycles. The number of carbonyl (C=O) groups is 2. The van der Waals surface area contributed by atoms with Gasteiger partial charge in [-0.05, 0) is 30.7 Å². The molecule has 0 fully saturated rings. The first-order valence-electron chi connectivity index (χ1n) is 5.78. The number of carboxylic acids is 1. The van der Waals surface area contributed by atoms with Crippen LogP contribution in [0, 0.1) is 17.0 Å². The van der Waals surface area contributed by atoms with Gasteiger partial charge in [0, 0.05) is 17.7 Å². The molecule has 108 valence electrons. The van der Waals surface area contributed by atoms with E-state index in [-0.39, 0.29) is 16.1 Å². The molecule has 2 aromatic rings. The van der Waals surface area contributed by atoms with Gasteiger partial charge in [0.2, 0.25) is 0 Å². The number of carboxylic acid groups (broad SMARTS) is 1. The third-order valence-electron chi connectivity index (χ3n) is 2.69. The Hall–Kier alpha value is -2.74. The lowest BCUT2D eigenvalue weighted by atomic mass is 10.2. The van der Waals surface area contributed by atoms with Gasteiger partial charge >= 0.3 is 5.97 Å². The topological polar surface area (TPSA) is 110 Å². The normalized spacial score (nSPS) is 10.1. The number of nitrogens with zero attached hydrogens (tertiary/aromatic N) is 1. The molecule has 2 N–H and O–H groups in total. The van der Waals surface area contributed by atoms with E-state index in [4.69, 9.17) is 5.11 Å². The number of aromatic carboxylic acids is 1. The van der Waals surface area contributed by atoms with Crippen molar-refractivity contribution in [3.63, 3.8) is 0 Å². The number of non-ortho nitro benzene ring substituents is 1. The van der Waals surface area contributed by atoms with Crippen molar-refractivity contribution in [1.29, 1.82) is 0 Å². The van der Waals surface area contributed by atoms with E-state index in [1.165, 1.54) is 24.3 Å². The average Bonchev–Trinajstić information content (AvgIpc) is 2.79. The van der Waals surface area contributed by atoms with E-state index in [2.05, 4.69) is 5.32 Å². The Morgan fingerprint density at radius 3 is 2.38 bits per heavy atom. The molecule has 0 spiro atoms. The maximum atomic E-state index is 12.0. The molecule has 0 unspecified atom stereocenters. The molecule has 0 bridgehead atoms. The second-order valence-electron chi connectivity index (χ2n) is 4.19. The number of hydrogen-bond acceptors (Lipinski definition) is 5. The van der Waals surface area contributed by atoms with Gasteiger partial charge in [0.05, 0.1) is 9.92 Å². The van der Waals surface area contributed by atoms with Crippen LogP contribution in [0.3, 0.4) is 0 Å². The van der Waals surface area contributed by atoms with Crippen LogP contribution in [0.25, 0.3) is 0 Å². The van der Waals surface area contributed by atoms with Crippen LogP contribution in [0.5, 0.6) is 0 Å². The van der Waals surface area contributed by atoms with Crippen LogP contribution < -0.4 is 5.32 Å². The van der Waals surface area contributed by atoms with Gasteiger partial charge in [-0.3, -0.25) is 14.9 Å². The highest BCUT2D eigenvalue weighted by Crippen LogP contribution is 2.27. The fourth-order valence-corrected chi connectivity index (χ4v) is 2.58. The maximum absolute atomic E-state index is 12.0. The van der Waals surface area contributed by atoms with Crippen molar-refractivity contribution in [3.8, 4) is 0 Å². The fourth-order valence-electron chi connectivity index (χ4n) is 1.67. The van der Waals surface area contributed by atoms with Gasteiger partial charge in [-0.2, -0.15) is 0 Å². The summed E-state index contributed by atoms with van der Waals surface area (Å²) in [5.41, 5.74) is 0.710. The highest BCUT2D eigenvalue weighted by molar-refractivity contribution is 7.18. The monoisotopic (exact) mass is 306 g/mol. The summed E-state index contributed by atoms with van der Waals surface area (Å²) >= 11 is 0.959. The number of benzene rings is 1. The molecule has 21 heavy (non-hydrogen) atoms. The maximum Gasteiger partial charge on any atom is 0.346 e. The summed E-state index contributed by atoms with van der Waals surface area (Å²) in [4.78, 5) is 33.0. The van der Waals surface area contributed by atoms with Gasteiger partial charge in [0.15, 0.2) is 0 Å². The molecular weight excluding hydrogens is 296 g/mol. The summed E-state index contributed by atoms with van der Waals surface area (Å²) in [5, 5.41) is 22.5. The summed E-state index contributed by atoms with van der Waals surface area (Å²) < 4.78 is 0. The van der Waals surface area contributed by atoms with Crippen LogP contribution in [0.4, 0.5) is 10.7 Å². The predicted octanol–water partition coefficient (Wildman–Crippen LogP) is 2.92. The Balaban J connectivity index is 2.16. The lowest BCUT2D eigenvalue weighted by Gasteiger charge is -2.01. The van der Waals surface area contributed by atoms with Crippen LogP contribution in [-0.4, -0.2) is 21.9 Å². The average molecular weight is 306 g/mol. The van der Waals surface area contributed by atoms with Gasteiger partial charge in [0.25, 0.3) is 11.6 Å². The smallest absolute Gasteiger partial charge is 0.346 e. The minimum absolute atomic E-state index is 0.105. The Bertz CT molecular complexity index is 721. The Kier molecular flexibility index (Phi) is 3.99. The number of aryl methyl sites for hydroxylation is 1. The lowest BCUT2D eigenvalue weighted by molar-refractivity contribution is -0.384. The molecule has 7 nitrogen and oxygen atoms in total. The van der Waals surface area contributed by atoms with E-state index in [9.17, 15) is 19.7 Å². The quantitative estimate of drug-likeness (QED) is 0.666. The van der Waals surface area contributed by atoms with E-state index in [1.807, 2.05) is 0 Å². The van der Waals surface area contributed by atoms with Crippen LogP contribution >= 0.6 is 11.3 Å². The van der Waals surface area contributed by atoms with Gasteiger partial charge < -0.3 is 10.4 Å². The first-order chi connectivity index (χ1) is 9.88. The Labute approximate surface area is 123 Å². The van der Waals surface area contributed by atoms with Gasteiger partial charge in [0.1, 0.15) is 4.88 Å². The Morgan fingerprint density at radius 1 is 1.29 bits per heavy atom. The molecule has 0 saturated carbocycles. The second kappa shape index (κ2) is 5.71. The molecule has 1 amide bonds. The molecule has 2 rings (SSSR count). The number of nitro groups is 1. The number of nitrogens with one attached hydrogen (secondary N) is 1. The van der Waals surface area contributed by atoms with Gasteiger partial charge in [-0.25, -0.2) is 4.79 Å². The van der Waals surface area contributed by atoms with Gasteiger partial charge in [-0.15, -0.1) is 11.3 Å². The number of anilines is 1. The molecule has 0 aliphatic carbocycles. The molecule has 8 heteroatoms. The highest BCUT2D eigenvalue weighted by atomic mass is 32.1. The van der Waals surface area contributed by atoms with Crippen molar-refractivity contribution >= 4 is 33.9 Å². The van der Waals surface area contributed by atoms with Crippen LogP contribution in [0.1, 0.15) is 25.6 Å². The zero-order valence-corrected chi connectivity index (χ0v) is 11.6. The van der Waals surface area contributed by atoms with Crippen LogP contribution in [0.15, 0.2) is 30.3 Å². The van der Waals surface area contributed by atoms with E-state index in [0.717, 1.165) is 11.3 Å². The lowest BCUT2D eigenvalue weighted by Crippen LogP contribution is -2.10. The van der Waals surface area contributed by atoms with E-state index < -0.39 is 16.8 Å². The first kappa shape index (κ1) is 14.7. The molecule has 1 aromatic heterocycles. The molecule has 1 heterocycles. The summed E-state index contributed by atoms with van der Waals surface area (Å²) in [6, 6.07) is 6.71. The molecule has 0 aliphatic rings. The SMILES string of the molecule is Cc1cc(NC(=O)c2ccc([N+](=O)[O-])cc2)sc1C(=O)O. The largest absolute Gasteiger partial charge is 0.477 e.